The van der Waals surface area contributed by atoms with Crippen LogP contribution in [0.3, 0.4) is 0 Å². The van der Waals surface area contributed by atoms with E-state index in [4.69, 9.17) is 0 Å². The lowest BCUT2D eigenvalue weighted by Crippen LogP contribution is -2.41. The smallest absolute Gasteiger partial charge is 0.350 e. The first-order chi connectivity index (χ1) is 10.3. The number of aromatic nitrogens is 2. The topological polar surface area (TPSA) is 96.2 Å². The van der Waals surface area contributed by atoms with Gasteiger partial charge in [-0.3, -0.25) is 15.5 Å². The zero-order valence-corrected chi connectivity index (χ0v) is 13.6. The van der Waals surface area contributed by atoms with Gasteiger partial charge in [0.2, 0.25) is 11.6 Å². The van der Waals surface area contributed by atoms with E-state index in [1.807, 2.05) is 25.7 Å². The van der Waals surface area contributed by atoms with Gasteiger partial charge in [0, 0.05) is 18.6 Å². The maximum Gasteiger partial charge on any atom is 0.354 e. The van der Waals surface area contributed by atoms with Gasteiger partial charge in [-0.2, -0.15) is 0 Å². The van der Waals surface area contributed by atoms with Crippen molar-refractivity contribution in [2.45, 2.75) is 46.1 Å². The molecule has 0 amide bonds. The van der Waals surface area contributed by atoms with Crippen molar-refractivity contribution in [1.29, 1.82) is 0 Å². The molecule has 8 heteroatoms. The minimum atomic E-state index is -0.415. The van der Waals surface area contributed by atoms with Gasteiger partial charge in [-0.05, 0) is 39.5 Å². The van der Waals surface area contributed by atoms with Crippen LogP contribution in [0.25, 0.3) is 0 Å². The molecule has 1 aliphatic rings. The lowest BCUT2D eigenvalue weighted by molar-refractivity contribution is -0.383. The van der Waals surface area contributed by atoms with Gasteiger partial charge in [-0.1, -0.05) is 6.92 Å². The third kappa shape index (κ3) is 4.03. The fourth-order valence-corrected chi connectivity index (χ4v) is 2.49. The Morgan fingerprint density at radius 3 is 2.73 bits per heavy atom. The Labute approximate surface area is 130 Å². The number of rotatable bonds is 4. The van der Waals surface area contributed by atoms with E-state index in [9.17, 15) is 10.1 Å². The van der Waals surface area contributed by atoms with Crippen molar-refractivity contribution < 1.29 is 4.92 Å². The van der Waals surface area contributed by atoms with E-state index in [1.165, 1.54) is 6.33 Å². The number of nitrogens with zero attached hydrogens (tertiary/aromatic N) is 4. The Morgan fingerprint density at radius 1 is 1.41 bits per heavy atom. The summed E-state index contributed by atoms with van der Waals surface area (Å²) >= 11 is 0. The van der Waals surface area contributed by atoms with E-state index < -0.39 is 4.92 Å². The predicted molar refractivity (Wildman–Crippen MR) is 85.8 cm³/mol. The largest absolute Gasteiger partial charge is 0.354 e. The van der Waals surface area contributed by atoms with Crippen LogP contribution in [-0.4, -0.2) is 33.5 Å². The predicted octanol–water partition coefficient (Wildman–Crippen LogP) is 2.34. The number of hydrogen-bond acceptors (Lipinski definition) is 7. The molecule has 1 aromatic rings. The van der Waals surface area contributed by atoms with Gasteiger partial charge >= 0.3 is 5.69 Å². The van der Waals surface area contributed by atoms with Crippen molar-refractivity contribution in [3.8, 4) is 0 Å². The molecule has 0 radical (unpaired) electrons. The van der Waals surface area contributed by atoms with Crippen molar-refractivity contribution in [1.82, 2.24) is 15.4 Å². The van der Waals surface area contributed by atoms with Gasteiger partial charge < -0.3 is 4.90 Å². The molecule has 1 unspecified atom stereocenters. The Morgan fingerprint density at radius 2 is 2.14 bits per heavy atom. The zero-order valence-electron chi connectivity index (χ0n) is 13.6. The average molecular weight is 308 g/mol. The Bertz CT molecular complexity index is 543. The first-order valence-electron chi connectivity index (χ1n) is 7.55. The molecule has 0 aromatic carbocycles. The lowest BCUT2D eigenvalue weighted by atomic mass is 10.0. The van der Waals surface area contributed by atoms with Crippen LogP contribution in [0.2, 0.25) is 0 Å². The van der Waals surface area contributed by atoms with E-state index in [1.54, 1.807) is 0 Å². The van der Waals surface area contributed by atoms with Crippen LogP contribution in [-0.2, 0) is 0 Å². The summed E-state index contributed by atoms with van der Waals surface area (Å²) in [5.74, 6) is 1.10. The second kappa shape index (κ2) is 6.43. The summed E-state index contributed by atoms with van der Waals surface area (Å²) < 4.78 is 0. The quantitative estimate of drug-likeness (QED) is 0.651. The molecule has 1 fully saturated rings. The van der Waals surface area contributed by atoms with Gasteiger partial charge in [0.05, 0.1) is 4.92 Å². The molecule has 122 valence electrons. The highest BCUT2D eigenvalue weighted by Gasteiger charge is 2.29. The standard InChI is InChI=1S/C14H24N6O2/c1-10-6-5-7-19(8-10)13-11(20(21)22)12(15-9-16-13)17-18-14(2,3)4/h9-10,18H,5-8H2,1-4H3,(H,15,16,17). The molecule has 8 nitrogen and oxygen atoms in total. The van der Waals surface area contributed by atoms with Crippen LogP contribution < -0.4 is 15.8 Å². The van der Waals surface area contributed by atoms with Crippen LogP contribution in [0.4, 0.5) is 17.3 Å². The van der Waals surface area contributed by atoms with E-state index >= 15 is 0 Å². The van der Waals surface area contributed by atoms with Gasteiger partial charge in [-0.15, -0.1) is 0 Å². The summed E-state index contributed by atoms with van der Waals surface area (Å²) in [7, 11) is 0. The lowest BCUT2D eigenvalue weighted by Gasteiger charge is -2.31. The van der Waals surface area contributed by atoms with E-state index in [-0.39, 0.29) is 17.0 Å². The van der Waals surface area contributed by atoms with Crippen molar-refractivity contribution in [3.05, 3.63) is 16.4 Å². The van der Waals surface area contributed by atoms with Crippen LogP contribution in [0.1, 0.15) is 40.5 Å². The van der Waals surface area contributed by atoms with Crippen molar-refractivity contribution in [2.24, 2.45) is 5.92 Å². The molecule has 0 bridgehead atoms. The monoisotopic (exact) mass is 308 g/mol. The second-order valence-electron chi connectivity index (χ2n) is 6.85. The third-order valence-electron chi connectivity index (χ3n) is 3.50. The van der Waals surface area contributed by atoms with Gasteiger partial charge in [-0.25, -0.2) is 15.4 Å². The summed E-state index contributed by atoms with van der Waals surface area (Å²) in [4.78, 5) is 21.3. The molecule has 1 aliphatic heterocycles. The molecular formula is C14H24N6O2. The van der Waals surface area contributed by atoms with Crippen LogP contribution in [0.15, 0.2) is 6.33 Å². The Hall–Kier alpha value is -1.96. The van der Waals surface area contributed by atoms with Crippen molar-refractivity contribution >= 4 is 17.3 Å². The Balaban J connectivity index is 2.31. The van der Waals surface area contributed by atoms with Gasteiger partial charge in [0.1, 0.15) is 6.33 Å². The first kappa shape index (κ1) is 16.4. The molecule has 0 aliphatic carbocycles. The van der Waals surface area contributed by atoms with Crippen molar-refractivity contribution in [3.63, 3.8) is 0 Å². The van der Waals surface area contributed by atoms with Crippen LogP contribution >= 0.6 is 0 Å². The zero-order chi connectivity index (χ0) is 16.3. The first-order valence-corrected chi connectivity index (χ1v) is 7.55. The fourth-order valence-electron chi connectivity index (χ4n) is 2.49. The highest BCUT2D eigenvalue weighted by molar-refractivity contribution is 5.70. The molecule has 22 heavy (non-hydrogen) atoms. The number of nitro groups is 1. The average Bonchev–Trinajstić information content (AvgIpc) is 2.43. The summed E-state index contributed by atoms with van der Waals surface area (Å²) in [5.41, 5.74) is 5.55. The van der Waals surface area contributed by atoms with Crippen LogP contribution in [0.5, 0.6) is 0 Å². The Kier molecular flexibility index (Phi) is 4.80. The van der Waals surface area contributed by atoms with Crippen molar-refractivity contribution in [2.75, 3.05) is 23.4 Å². The van der Waals surface area contributed by atoms with Gasteiger partial charge in [0.25, 0.3) is 0 Å². The summed E-state index contributed by atoms with van der Waals surface area (Å²) in [6.07, 6.45) is 3.53. The van der Waals surface area contributed by atoms with E-state index in [0.717, 1.165) is 25.9 Å². The summed E-state index contributed by atoms with van der Waals surface area (Å²) in [6.45, 7) is 9.60. The van der Waals surface area contributed by atoms with E-state index in [0.29, 0.717) is 11.7 Å². The fraction of sp³-hybridized carbons (Fsp3) is 0.714. The minimum Gasteiger partial charge on any atom is -0.350 e. The molecule has 2 rings (SSSR count). The summed E-state index contributed by atoms with van der Waals surface area (Å²) in [5, 5.41) is 11.5. The number of piperidine rings is 1. The number of nitrogens with one attached hydrogen (secondary N) is 2. The number of anilines is 2. The normalized spacial score (nSPS) is 19.1. The molecule has 1 saturated heterocycles. The molecule has 0 spiro atoms. The molecule has 1 aromatic heterocycles. The van der Waals surface area contributed by atoms with E-state index in [2.05, 4.69) is 27.7 Å². The maximum atomic E-state index is 11.5. The molecule has 0 saturated carbocycles. The second-order valence-corrected chi connectivity index (χ2v) is 6.85. The van der Waals surface area contributed by atoms with Crippen LogP contribution in [0, 0.1) is 16.0 Å². The third-order valence-corrected chi connectivity index (χ3v) is 3.50. The molecule has 2 N–H and O–H groups in total. The number of hydrogen-bond donors (Lipinski definition) is 2. The van der Waals surface area contributed by atoms with Gasteiger partial charge in [0.15, 0.2) is 0 Å². The highest BCUT2D eigenvalue weighted by Crippen LogP contribution is 2.33. The minimum absolute atomic E-state index is 0.0756. The molecular weight excluding hydrogens is 284 g/mol. The molecule has 1 atom stereocenters. The SMILES string of the molecule is CC1CCCN(c2ncnc(NNC(C)(C)C)c2[N+](=O)[O-])C1. The highest BCUT2D eigenvalue weighted by atomic mass is 16.6. The maximum absolute atomic E-state index is 11.5. The molecule has 2 heterocycles. The number of hydrazine groups is 1. The summed E-state index contributed by atoms with van der Waals surface area (Å²) in [6, 6.07) is 0.